The second-order valence-electron chi connectivity index (χ2n) is 13.9. The summed E-state index contributed by atoms with van der Waals surface area (Å²) in [6.07, 6.45) is 28.2. The lowest BCUT2D eigenvalue weighted by Gasteiger charge is -2.28. The summed E-state index contributed by atoms with van der Waals surface area (Å²) in [4.78, 5) is 37.2. The normalized spacial score (nSPS) is 13.9. The van der Waals surface area contributed by atoms with Crippen molar-refractivity contribution in [3.05, 3.63) is 12.2 Å². The first kappa shape index (κ1) is 45.8. The van der Waals surface area contributed by atoms with Crippen LogP contribution in [0.5, 0.6) is 0 Å². The average Bonchev–Trinajstić information content (AvgIpc) is 3.01. The molecule has 0 fully saturated rings. The van der Waals surface area contributed by atoms with Crippen LogP contribution in [0.25, 0.3) is 0 Å². The van der Waals surface area contributed by atoms with Crippen molar-refractivity contribution in [1.82, 2.24) is 0 Å². The van der Waals surface area contributed by atoms with Crippen molar-refractivity contribution in [2.75, 3.05) is 47.5 Å². The first-order chi connectivity index (χ1) is 22.5. The molecule has 0 N–H and O–H groups in total. The number of phosphoric acid groups is 1. The van der Waals surface area contributed by atoms with Crippen molar-refractivity contribution < 1.29 is 42.1 Å². The highest BCUT2D eigenvalue weighted by Gasteiger charge is 2.21. The molecule has 2 atom stereocenters. The highest BCUT2D eigenvalue weighted by Crippen LogP contribution is 2.38. The zero-order valence-corrected chi connectivity index (χ0v) is 31.9. The smallest absolute Gasteiger partial charge is 0.306 e. The number of hydrogen-bond acceptors (Lipinski definition) is 8. The van der Waals surface area contributed by atoms with Gasteiger partial charge in [-0.25, -0.2) is 0 Å². The SMILES string of the molecule is CCCCCC/C=C/CCCCCCCCCC(=O)O[C@H](COC(=O)CCCCCCCCCC)COP(=O)([O-])OCC[N+](C)(C)C. The van der Waals surface area contributed by atoms with Crippen LogP contribution in [0.4, 0.5) is 0 Å². The van der Waals surface area contributed by atoms with Crippen LogP contribution in [0.3, 0.4) is 0 Å². The first-order valence-electron chi connectivity index (χ1n) is 18.9. The third-order valence-corrected chi connectivity index (χ3v) is 9.00. The number of likely N-dealkylation sites (N-methyl/N-ethyl adjacent to an activating group) is 1. The highest BCUT2D eigenvalue weighted by atomic mass is 31.2. The molecule has 0 aliphatic heterocycles. The van der Waals surface area contributed by atoms with Gasteiger partial charge in [-0.05, 0) is 38.5 Å². The number of esters is 2. The Kier molecular flexibility index (Phi) is 30.0. The number of unbranched alkanes of at least 4 members (excludes halogenated alkanes) is 18. The standard InChI is InChI=1S/C37H72NO8P/c1-6-8-10-12-14-16-17-18-19-20-21-22-24-26-28-30-37(40)46-35(34-45-47(41,42)44-32-31-38(3,4)5)33-43-36(39)29-27-25-23-15-13-11-9-7-2/h16-17,35H,6-15,18-34H2,1-5H3/b17-16+/t35-/m1/s1. The number of nitrogens with zero attached hydrogens (tertiary/aromatic N) is 1. The fraction of sp³-hybridized carbons (Fsp3) is 0.892. The molecule has 0 aromatic heterocycles. The van der Waals surface area contributed by atoms with Crippen molar-refractivity contribution in [3.63, 3.8) is 0 Å². The molecule has 0 aromatic carbocycles. The van der Waals surface area contributed by atoms with Crippen LogP contribution in [0.15, 0.2) is 12.2 Å². The third kappa shape index (κ3) is 34.4. The number of carbonyl (C=O) groups is 2. The molecular weight excluding hydrogens is 617 g/mol. The molecule has 0 saturated heterocycles. The molecular formula is C37H72NO8P. The molecule has 0 heterocycles. The van der Waals surface area contributed by atoms with E-state index >= 15 is 0 Å². The van der Waals surface area contributed by atoms with Crippen LogP contribution >= 0.6 is 7.82 Å². The highest BCUT2D eigenvalue weighted by molar-refractivity contribution is 7.45. The Morgan fingerprint density at radius 1 is 0.638 bits per heavy atom. The van der Waals surface area contributed by atoms with Crippen molar-refractivity contribution in [2.24, 2.45) is 0 Å². The predicted octanol–water partition coefficient (Wildman–Crippen LogP) is 9.22. The maximum absolute atomic E-state index is 12.6. The van der Waals surface area contributed by atoms with Gasteiger partial charge in [0, 0.05) is 12.8 Å². The number of ether oxygens (including phenoxy) is 2. The van der Waals surface area contributed by atoms with Gasteiger partial charge in [0.15, 0.2) is 6.10 Å². The second-order valence-corrected chi connectivity index (χ2v) is 15.4. The minimum atomic E-state index is -4.61. The Morgan fingerprint density at radius 3 is 1.60 bits per heavy atom. The molecule has 0 rings (SSSR count). The van der Waals surface area contributed by atoms with Crippen LogP contribution in [0, 0.1) is 0 Å². The monoisotopic (exact) mass is 689 g/mol. The van der Waals surface area contributed by atoms with Crippen LogP contribution in [-0.2, 0) is 32.7 Å². The molecule has 9 nitrogen and oxygen atoms in total. The lowest BCUT2D eigenvalue weighted by atomic mass is 10.1. The van der Waals surface area contributed by atoms with E-state index in [2.05, 4.69) is 26.0 Å². The van der Waals surface area contributed by atoms with E-state index in [1.165, 1.54) is 83.5 Å². The van der Waals surface area contributed by atoms with E-state index < -0.39 is 26.5 Å². The van der Waals surface area contributed by atoms with Gasteiger partial charge >= 0.3 is 11.9 Å². The van der Waals surface area contributed by atoms with E-state index in [4.69, 9.17) is 18.5 Å². The lowest BCUT2D eigenvalue weighted by molar-refractivity contribution is -0.870. The van der Waals surface area contributed by atoms with E-state index in [1.54, 1.807) is 0 Å². The Bertz CT molecular complexity index is 830. The van der Waals surface area contributed by atoms with Crippen LogP contribution in [-0.4, -0.2) is 70.0 Å². The Morgan fingerprint density at radius 2 is 1.09 bits per heavy atom. The van der Waals surface area contributed by atoms with Gasteiger partial charge in [-0.3, -0.25) is 14.2 Å². The van der Waals surface area contributed by atoms with Crippen molar-refractivity contribution in [3.8, 4) is 0 Å². The van der Waals surface area contributed by atoms with Gasteiger partial charge in [0.1, 0.15) is 19.8 Å². The zero-order chi connectivity index (χ0) is 35.1. The second kappa shape index (κ2) is 30.8. The van der Waals surface area contributed by atoms with Crippen LogP contribution in [0.1, 0.15) is 162 Å². The van der Waals surface area contributed by atoms with Crippen molar-refractivity contribution in [2.45, 2.75) is 168 Å². The Balaban J connectivity index is 4.40. The number of hydrogen-bond donors (Lipinski definition) is 0. The van der Waals surface area contributed by atoms with Gasteiger partial charge in [-0.2, -0.15) is 0 Å². The molecule has 47 heavy (non-hydrogen) atoms. The van der Waals surface area contributed by atoms with Crippen molar-refractivity contribution >= 4 is 19.8 Å². The molecule has 0 bridgehead atoms. The summed E-state index contributed by atoms with van der Waals surface area (Å²) in [7, 11) is 1.17. The molecule has 0 aromatic rings. The summed E-state index contributed by atoms with van der Waals surface area (Å²) >= 11 is 0. The van der Waals surface area contributed by atoms with Gasteiger partial charge in [0.2, 0.25) is 0 Å². The fourth-order valence-electron chi connectivity index (χ4n) is 5.00. The number of rotatable bonds is 34. The van der Waals surface area contributed by atoms with Crippen molar-refractivity contribution in [1.29, 1.82) is 0 Å². The maximum atomic E-state index is 12.6. The number of allylic oxidation sites excluding steroid dienone is 2. The molecule has 0 aliphatic carbocycles. The summed E-state index contributed by atoms with van der Waals surface area (Å²) in [6.45, 7) is 4.16. The molecule has 0 aliphatic rings. The summed E-state index contributed by atoms with van der Waals surface area (Å²) < 4.78 is 33.7. The Labute approximate surface area is 288 Å². The van der Waals surface area contributed by atoms with E-state index in [0.29, 0.717) is 17.4 Å². The average molecular weight is 690 g/mol. The molecule has 10 heteroatoms. The summed E-state index contributed by atoms with van der Waals surface area (Å²) in [5.74, 6) is -0.842. The maximum Gasteiger partial charge on any atom is 0.306 e. The summed E-state index contributed by atoms with van der Waals surface area (Å²) in [5.41, 5.74) is 0. The van der Waals surface area contributed by atoms with Gasteiger partial charge in [-0.1, -0.05) is 122 Å². The van der Waals surface area contributed by atoms with Gasteiger partial charge in [0.25, 0.3) is 7.82 Å². The van der Waals surface area contributed by atoms with Crippen LogP contribution in [0.2, 0.25) is 0 Å². The van der Waals surface area contributed by atoms with Gasteiger partial charge < -0.3 is 27.9 Å². The predicted molar refractivity (Wildman–Crippen MR) is 190 cm³/mol. The topological polar surface area (TPSA) is 111 Å². The lowest BCUT2D eigenvalue weighted by Crippen LogP contribution is -2.37. The molecule has 278 valence electrons. The molecule has 0 amide bonds. The van der Waals surface area contributed by atoms with Gasteiger partial charge in [0.05, 0.1) is 27.7 Å². The van der Waals surface area contributed by atoms with E-state index in [0.717, 1.165) is 44.9 Å². The first-order valence-corrected chi connectivity index (χ1v) is 20.4. The Hall–Kier alpha value is -1.25. The number of carbonyl (C=O) groups excluding carboxylic acids is 2. The molecule has 0 radical (unpaired) electrons. The molecule has 0 saturated carbocycles. The number of quaternary nitrogens is 1. The fourth-order valence-corrected chi connectivity index (χ4v) is 5.73. The van der Waals surface area contributed by atoms with Crippen LogP contribution < -0.4 is 4.89 Å². The number of phosphoric ester groups is 1. The summed E-state index contributed by atoms with van der Waals surface area (Å²) in [5, 5.41) is 0. The molecule has 0 spiro atoms. The molecule has 1 unspecified atom stereocenters. The van der Waals surface area contributed by atoms with Gasteiger partial charge in [-0.15, -0.1) is 0 Å². The van der Waals surface area contributed by atoms with E-state index in [1.807, 2.05) is 21.1 Å². The minimum Gasteiger partial charge on any atom is -0.756 e. The minimum absolute atomic E-state index is 0.0292. The quantitative estimate of drug-likeness (QED) is 0.0216. The van der Waals surface area contributed by atoms with E-state index in [9.17, 15) is 19.0 Å². The largest absolute Gasteiger partial charge is 0.756 e. The summed E-state index contributed by atoms with van der Waals surface area (Å²) in [6, 6.07) is 0. The zero-order valence-electron chi connectivity index (χ0n) is 31.0. The third-order valence-electron chi connectivity index (χ3n) is 8.04. The van der Waals surface area contributed by atoms with E-state index in [-0.39, 0.29) is 32.0 Å².